The molecule has 4 rings (SSSR count). The fraction of sp³-hybridized carbons (Fsp3) is 0.500. The Morgan fingerprint density at radius 3 is 1.87 bits per heavy atom. The zero-order valence-corrected chi connectivity index (χ0v) is 19.8. The summed E-state index contributed by atoms with van der Waals surface area (Å²) in [5.41, 5.74) is 1.10. The highest BCUT2D eigenvalue weighted by atomic mass is 19.4. The van der Waals surface area contributed by atoms with E-state index in [9.17, 15) is 26.3 Å². The van der Waals surface area contributed by atoms with E-state index in [1.807, 2.05) is 18.3 Å². The molecule has 10 nitrogen and oxygen atoms in total. The second kappa shape index (κ2) is 13.3. The van der Waals surface area contributed by atoms with Crippen LogP contribution in [-0.4, -0.2) is 92.7 Å². The number of pyridine rings is 1. The SMILES string of the molecule is O=C(O)C(F)(F)F.O=C(O)C(F)(F)F.c1ccc(CN2CCOC3(CCN(c4ncccn4)CC3)C2)nc1. The molecule has 1 spiro atoms. The van der Waals surface area contributed by atoms with Crippen molar-refractivity contribution in [1.82, 2.24) is 19.9 Å². The second-order valence-electron chi connectivity index (χ2n) is 8.20. The number of aromatic nitrogens is 3. The van der Waals surface area contributed by atoms with E-state index in [4.69, 9.17) is 24.5 Å². The maximum absolute atomic E-state index is 10.6. The Balaban J connectivity index is 0.000000301. The minimum absolute atomic E-state index is 0.0295. The maximum atomic E-state index is 10.6. The van der Waals surface area contributed by atoms with Crippen LogP contribution in [0.25, 0.3) is 0 Å². The standard InChI is InChI=1S/C18H23N5O.2C2HF3O2/c1-2-7-19-16(4-1)14-22-12-13-24-18(15-22)5-10-23(11-6-18)17-20-8-3-9-21-17;2*3-2(4,5)1(6)7/h1-4,7-9H,5-6,10-15H2;2*(H,6,7). The molecule has 2 N–H and O–H groups in total. The van der Waals surface area contributed by atoms with Crippen LogP contribution >= 0.6 is 0 Å². The summed E-state index contributed by atoms with van der Waals surface area (Å²) < 4.78 is 69.7. The van der Waals surface area contributed by atoms with Gasteiger partial charge in [-0.3, -0.25) is 9.88 Å². The van der Waals surface area contributed by atoms with E-state index in [1.165, 1.54) is 0 Å². The molecule has 4 heterocycles. The number of aliphatic carboxylic acids is 2. The average Bonchev–Trinajstić information content (AvgIpc) is 2.85. The number of carboxylic acid groups (broad SMARTS) is 2. The Morgan fingerprint density at radius 2 is 1.39 bits per heavy atom. The van der Waals surface area contributed by atoms with Crippen LogP contribution in [0, 0.1) is 0 Å². The molecule has 2 aromatic heterocycles. The van der Waals surface area contributed by atoms with E-state index in [2.05, 4.69) is 36.9 Å². The van der Waals surface area contributed by atoms with Crippen molar-refractivity contribution in [1.29, 1.82) is 0 Å². The van der Waals surface area contributed by atoms with E-state index < -0.39 is 24.3 Å². The van der Waals surface area contributed by atoms with Crippen molar-refractivity contribution in [3.63, 3.8) is 0 Å². The van der Waals surface area contributed by atoms with Gasteiger partial charge in [-0.15, -0.1) is 0 Å². The van der Waals surface area contributed by atoms with Crippen LogP contribution in [0.15, 0.2) is 42.9 Å². The zero-order valence-electron chi connectivity index (χ0n) is 19.8. The van der Waals surface area contributed by atoms with E-state index in [-0.39, 0.29) is 5.60 Å². The molecule has 0 bridgehead atoms. The van der Waals surface area contributed by atoms with Crippen LogP contribution in [0.1, 0.15) is 18.5 Å². The fourth-order valence-corrected chi connectivity index (χ4v) is 3.65. The third-order valence-corrected chi connectivity index (χ3v) is 5.43. The largest absolute Gasteiger partial charge is 0.490 e. The summed E-state index contributed by atoms with van der Waals surface area (Å²) >= 11 is 0. The van der Waals surface area contributed by atoms with Crippen LogP contribution in [0.5, 0.6) is 0 Å². The summed E-state index contributed by atoms with van der Waals surface area (Å²) in [4.78, 5) is 35.7. The predicted molar refractivity (Wildman–Crippen MR) is 119 cm³/mol. The first-order valence-electron chi connectivity index (χ1n) is 11.1. The smallest absolute Gasteiger partial charge is 0.475 e. The first-order chi connectivity index (χ1) is 17.7. The molecule has 2 fully saturated rings. The van der Waals surface area contributed by atoms with Gasteiger partial charge in [-0.2, -0.15) is 26.3 Å². The molecule has 0 aliphatic carbocycles. The number of halogens is 6. The normalized spacial score (nSPS) is 17.5. The van der Waals surface area contributed by atoms with Crippen molar-refractivity contribution in [2.45, 2.75) is 37.3 Å². The van der Waals surface area contributed by atoms with Gasteiger partial charge in [0.1, 0.15) is 0 Å². The lowest BCUT2D eigenvalue weighted by atomic mass is 9.89. The van der Waals surface area contributed by atoms with Crippen molar-refractivity contribution in [3.8, 4) is 0 Å². The van der Waals surface area contributed by atoms with E-state index in [1.54, 1.807) is 12.4 Å². The number of alkyl halides is 6. The number of hydrogen-bond donors (Lipinski definition) is 2. The highest BCUT2D eigenvalue weighted by Gasteiger charge is 2.40. The Bertz CT molecular complexity index is 995. The average molecular weight is 553 g/mol. The third-order valence-electron chi connectivity index (χ3n) is 5.43. The summed E-state index contributed by atoms with van der Waals surface area (Å²) in [7, 11) is 0. The molecule has 210 valence electrons. The highest BCUT2D eigenvalue weighted by Crippen LogP contribution is 2.31. The Kier molecular flexibility index (Phi) is 10.8. The number of hydrogen-bond acceptors (Lipinski definition) is 8. The lowest BCUT2D eigenvalue weighted by Crippen LogP contribution is -2.56. The van der Waals surface area contributed by atoms with Gasteiger partial charge < -0.3 is 19.8 Å². The minimum atomic E-state index is -5.08. The van der Waals surface area contributed by atoms with Gasteiger partial charge in [0.2, 0.25) is 5.95 Å². The summed E-state index contributed by atoms with van der Waals surface area (Å²) in [6.45, 7) is 5.55. The maximum Gasteiger partial charge on any atom is 0.490 e. The van der Waals surface area contributed by atoms with Crippen molar-refractivity contribution in [2.75, 3.05) is 37.7 Å². The van der Waals surface area contributed by atoms with Crippen LogP contribution < -0.4 is 4.90 Å². The molecule has 16 heteroatoms. The predicted octanol–water partition coefficient (Wildman–Crippen LogP) is 3.01. The lowest BCUT2D eigenvalue weighted by molar-refractivity contribution is -0.193. The molecule has 0 saturated carbocycles. The van der Waals surface area contributed by atoms with E-state index >= 15 is 0 Å². The number of carboxylic acids is 2. The van der Waals surface area contributed by atoms with Crippen molar-refractivity contribution in [3.05, 3.63) is 48.5 Å². The van der Waals surface area contributed by atoms with Crippen LogP contribution in [0.4, 0.5) is 32.3 Å². The van der Waals surface area contributed by atoms with Gasteiger partial charge >= 0.3 is 24.3 Å². The minimum Gasteiger partial charge on any atom is -0.475 e. The molecule has 0 radical (unpaired) electrons. The molecule has 2 aliphatic rings. The van der Waals surface area contributed by atoms with Crippen LogP contribution in [0.2, 0.25) is 0 Å². The monoisotopic (exact) mass is 553 g/mol. The van der Waals surface area contributed by atoms with Crippen LogP contribution in [-0.2, 0) is 20.9 Å². The first-order valence-corrected chi connectivity index (χ1v) is 11.1. The summed E-state index contributed by atoms with van der Waals surface area (Å²) in [5, 5.41) is 14.2. The van der Waals surface area contributed by atoms with Gasteiger partial charge in [-0.25, -0.2) is 19.6 Å². The number of piperidine rings is 1. The number of ether oxygens (including phenoxy) is 1. The number of rotatable bonds is 3. The Hall–Kier alpha value is -3.53. The Labute approximate surface area is 212 Å². The summed E-state index contributed by atoms with van der Waals surface area (Å²) in [6.07, 6.45) is -2.66. The molecule has 2 aromatic rings. The third kappa shape index (κ3) is 10.1. The van der Waals surface area contributed by atoms with Crippen LogP contribution in [0.3, 0.4) is 0 Å². The topological polar surface area (TPSA) is 129 Å². The molecule has 2 aliphatic heterocycles. The molecular formula is C22H25F6N5O5. The van der Waals surface area contributed by atoms with Gasteiger partial charge in [0.25, 0.3) is 0 Å². The van der Waals surface area contributed by atoms with Gasteiger partial charge in [0.15, 0.2) is 0 Å². The molecule has 0 aromatic carbocycles. The van der Waals surface area contributed by atoms with Crippen molar-refractivity contribution in [2.24, 2.45) is 0 Å². The molecule has 2 saturated heterocycles. The quantitative estimate of drug-likeness (QED) is 0.548. The van der Waals surface area contributed by atoms with Crippen molar-refractivity contribution >= 4 is 17.9 Å². The first kappa shape index (κ1) is 30.7. The van der Waals surface area contributed by atoms with Gasteiger partial charge in [-0.05, 0) is 31.0 Å². The fourth-order valence-electron chi connectivity index (χ4n) is 3.65. The number of nitrogens with zero attached hydrogens (tertiary/aromatic N) is 5. The molecule has 0 atom stereocenters. The van der Waals surface area contributed by atoms with Gasteiger partial charge in [0, 0.05) is 51.3 Å². The second-order valence-corrected chi connectivity index (χ2v) is 8.20. The summed E-state index contributed by atoms with van der Waals surface area (Å²) in [6, 6.07) is 7.97. The van der Waals surface area contributed by atoms with Gasteiger partial charge in [-0.1, -0.05) is 6.07 Å². The molecule has 38 heavy (non-hydrogen) atoms. The number of morpholine rings is 1. The highest BCUT2D eigenvalue weighted by molar-refractivity contribution is 5.73. The number of anilines is 1. The zero-order chi connectivity index (χ0) is 28.4. The molecule has 0 unspecified atom stereocenters. The summed E-state index contributed by atoms with van der Waals surface area (Å²) in [5.74, 6) is -4.69. The van der Waals surface area contributed by atoms with Gasteiger partial charge in [0.05, 0.1) is 17.9 Å². The lowest BCUT2D eigenvalue weighted by Gasteiger charge is -2.47. The Morgan fingerprint density at radius 1 is 0.868 bits per heavy atom. The molecule has 0 amide bonds. The number of carbonyl (C=O) groups is 2. The van der Waals surface area contributed by atoms with E-state index in [0.29, 0.717) is 0 Å². The molecular weight excluding hydrogens is 528 g/mol. The van der Waals surface area contributed by atoms with E-state index in [0.717, 1.165) is 63.8 Å². The van der Waals surface area contributed by atoms with Crippen molar-refractivity contribution < 1.29 is 50.9 Å².